The molecule has 5 nitrogen and oxygen atoms in total. The zero-order chi connectivity index (χ0) is 12.3. The van der Waals surface area contributed by atoms with E-state index in [1.165, 1.54) is 0 Å². The maximum atomic E-state index is 5.87. The van der Waals surface area contributed by atoms with Gasteiger partial charge >= 0.3 is 0 Å². The lowest BCUT2D eigenvalue weighted by molar-refractivity contribution is 0.559. The minimum atomic E-state index is 0.209. The first-order valence-electron chi connectivity index (χ1n) is 5.38. The van der Waals surface area contributed by atoms with Crippen LogP contribution in [0.5, 0.6) is 0 Å². The summed E-state index contributed by atoms with van der Waals surface area (Å²) in [6, 6.07) is 3.83. The van der Waals surface area contributed by atoms with Gasteiger partial charge in [0.1, 0.15) is 16.8 Å². The predicted octanol–water partition coefficient (Wildman–Crippen LogP) is 2.14. The molecule has 2 heterocycles. The van der Waals surface area contributed by atoms with Crippen molar-refractivity contribution in [3.63, 3.8) is 0 Å². The maximum Gasteiger partial charge on any atom is 0.134 e. The number of rotatable bonds is 4. The van der Waals surface area contributed by atoms with Gasteiger partial charge in [0.2, 0.25) is 0 Å². The number of anilines is 1. The topological polar surface area (TPSA) is 55.6 Å². The van der Waals surface area contributed by atoms with E-state index < -0.39 is 0 Å². The van der Waals surface area contributed by atoms with Crippen LogP contribution in [0.1, 0.15) is 12.7 Å². The molecule has 2 aromatic rings. The van der Waals surface area contributed by atoms with Gasteiger partial charge < -0.3 is 5.32 Å². The summed E-state index contributed by atoms with van der Waals surface area (Å²) in [4.78, 5) is 8.28. The smallest absolute Gasteiger partial charge is 0.134 e. The second-order valence-electron chi connectivity index (χ2n) is 3.90. The van der Waals surface area contributed by atoms with Gasteiger partial charge in [-0.15, -0.1) is 0 Å². The number of hydrogen-bond donors (Lipinski definition) is 1. The zero-order valence-electron chi connectivity index (χ0n) is 9.76. The minimum absolute atomic E-state index is 0.209. The molecule has 6 heteroatoms. The standard InChI is InChI=1S/C11H14ClN5/c1-8(7-17-5-3-4-13-17)14-11-6-10(12)15-9(2)16-11/h3-6,8H,7H2,1-2H3,(H,14,15,16). The lowest BCUT2D eigenvalue weighted by Gasteiger charge is -2.14. The molecule has 0 aliphatic heterocycles. The number of aromatic nitrogens is 4. The Morgan fingerprint density at radius 3 is 2.94 bits per heavy atom. The van der Waals surface area contributed by atoms with Gasteiger partial charge in [-0.2, -0.15) is 5.10 Å². The summed E-state index contributed by atoms with van der Waals surface area (Å²) in [6.07, 6.45) is 3.69. The van der Waals surface area contributed by atoms with Crippen molar-refractivity contribution < 1.29 is 0 Å². The highest BCUT2D eigenvalue weighted by molar-refractivity contribution is 6.29. The van der Waals surface area contributed by atoms with Crippen molar-refractivity contribution in [1.29, 1.82) is 0 Å². The molecule has 1 unspecified atom stereocenters. The molecule has 0 spiro atoms. The molecule has 0 saturated heterocycles. The van der Waals surface area contributed by atoms with Crippen LogP contribution in [-0.4, -0.2) is 25.8 Å². The molecule has 0 aromatic carbocycles. The van der Waals surface area contributed by atoms with E-state index in [0.29, 0.717) is 11.0 Å². The molecule has 0 saturated carbocycles. The van der Waals surface area contributed by atoms with Crippen molar-refractivity contribution in [3.8, 4) is 0 Å². The van der Waals surface area contributed by atoms with Crippen molar-refractivity contribution in [3.05, 3.63) is 35.5 Å². The van der Waals surface area contributed by atoms with E-state index in [2.05, 4.69) is 27.3 Å². The highest BCUT2D eigenvalue weighted by atomic mass is 35.5. The molecule has 1 atom stereocenters. The van der Waals surface area contributed by atoms with Crippen molar-refractivity contribution in [1.82, 2.24) is 19.7 Å². The van der Waals surface area contributed by atoms with Crippen LogP contribution in [0.3, 0.4) is 0 Å². The lowest BCUT2D eigenvalue weighted by atomic mass is 10.3. The van der Waals surface area contributed by atoms with Gasteiger partial charge in [0, 0.05) is 24.5 Å². The average molecular weight is 252 g/mol. The van der Waals surface area contributed by atoms with Crippen LogP contribution in [0.25, 0.3) is 0 Å². The second kappa shape index (κ2) is 5.14. The number of hydrogen-bond acceptors (Lipinski definition) is 4. The molecule has 0 fully saturated rings. The molecule has 1 N–H and O–H groups in total. The van der Waals surface area contributed by atoms with Crippen LogP contribution in [0.2, 0.25) is 5.15 Å². The fourth-order valence-corrected chi connectivity index (χ4v) is 1.82. The summed E-state index contributed by atoms with van der Waals surface area (Å²) in [6.45, 7) is 4.65. The van der Waals surface area contributed by atoms with Crippen molar-refractivity contribution in [2.45, 2.75) is 26.4 Å². The zero-order valence-corrected chi connectivity index (χ0v) is 10.5. The molecule has 2 aromatic heterocycles. The van der Waals surface area contributed by atoms with E-state index in [4.69, 9.17) is 11.6 Å². The third-order valence-electron chi connectivity index (χ3n) is 2.22. The number of aryl methyl sites for hydroxylation is 1. The second-order valence-corrected chi connectivity index (χ2v) is 4.28. The molecule has 0 aliphatic carbocycles. The monoisotopic (exact) mass is 251 g/mol. The molecule has 0 radical (unpaired) electrons. The summed E-state index contributed by atoms with van der Waals surface area (Å²) < 4.78 is 1.87. The first kappa shape index (κ1) is 11.9. The predicted molar refractivity (Wildman–Crippen MR) is 67.1 cm³/mol. The van der Waals surface area contributed by atoms with Crippen molar-refractivity contribution in [2.75, 3.05) is 5.32 Å². The summed E-state index contributed by atoms with van der Waals surface area (Å²) in [5.74, 6) is 1.40. The highest BCUT2D eigenvalue weighted by Gasteiger charge is 2.06. The summed E-state index contributed by atoms with van der Waals surface area (Å²) >= 11 is 5.87. The fourth-order valence-electron chi connectivity index (χ4n) is 1.59. The Balaban J connectivity index is 2.00. The Bertz CT molecular complexity index is 462. The normalized spacial score (nSPS) is 12.4. The van der Waals surface area contributed by atoms with Gasteiger partial charge in [0.15, 0.2) is 0 Å². The minimum Gasteiger partial charge on any atom is -0.366 e. The Kier molecular flexibility index (Phi) is 3.58. The Hall–Kier alpha value is -1.62. The van der Waals surface area contributed by atoms with Crippen molar-refractivity contribution >= 4 is 17.4 Å². The van der Waals surface area contributed by atoms with E-state index in [-0.39, 0.29) is 6.04 Å². The van der Waals surface area contributed by atoms with Crippen molar-refractivity contribution in [2.24, 2.45) is 0 Å². The van der Waals surface area contributed by atoms with Gasteiger partial charge in [-0.25, -0.2) is 9.97 Å². The maximum absolute atomic E-state index is 5.87. The molecule has 0 amide bonds. The van der Waals surface area contributed by atoms with E-state index >= 15 is 0 Å². The molecule has 90 valence electrons. The highest BCUT2D eigenvalue weighted by Crippen LogP contribution is 2.12. The fraction of sp³-hybridized carbons (Fsp3) is 0.364. The third kappa shape index (κ3) is 3.42. The number of nitrogens with one attached hydrogen (secondary N) is 1. The Labute approximate surface area is 105 Å². The quantitative estimate of drug-likeness (QED) is 0.846. The SMILES string of the molecule is Cc1nc(Cl)cc(NC(C)Cn2cccn2)n1. The molecule has 0 bridgehead atoms. The van der Waals surface area contributed by atoms with Crippen LogP contribution < -0.4 is 5.32 Å². The van der Waals surface area contributed by atoms with Crippen LogP contribution >= 0.6 is 11.6 Å². The van der Waals surface area contributed by atoms with Gasteiger partial charge in [-0.05, 0) is 19.9 Å². The molecule has 2 rings (SSSR count). The van der Waals surface area contributed by atoms with Gasteiger partial charge in [0.05, 0.1) is 6.54 Å². The van der Waals surface area contributed by atoms with Crippen LogP contribution in [0, 0.1) is 6.92 Å². The number of nitrogens with zero attached hydrogens (tertiary/aromatic N) is 4. The summed E-state index contributed by atoms with van der Waals surface area (Å²) in [5.41, 5.74) is 0. The van der Waals surface area contributed by atoms with E-state index in [9.17, 15) is 0 Å². The van der Waals surface area contributed by atoms with Gasteiger partial charge in [0.25, 0.3) is 0 Å². The third-order valence-corrected chi connectivity index (χ3v) is 2.41. The van der Waals surface area contributed by atoms with Gasteiger partial charge in [-0.3, -0.25) is 4.68 Å². The molecule has 17 heavy (non-hydrogen) atoms. The Morgan fingerprint density at radius 2 is 2.29 bits per heavy atom. The van der Waals surface area contributed by atoms with E-state index in [0.717, 1.165) is 12.4 Å². The molecule has 0 aliphatic rings. The van der Waals surface area contributed by atoms with Crippen LogP contribution in [-0.2, 0) is 6.54 Å². The molecular formula is C11H14ClN5. The van der Waals surface area contributed by atoms with Crippen LogP contribution in [0.15, 0.2) is 24.5 Å². The average Bonchev–Trinajstić information content (AvgIpc) is 2.67. The van der Waals surface area contributed by atoms with E-state index in [1.807, 2.05) is 23.9 Å². The first-order chi connectivity index (χ1) is 8.13. The van der Waals surface area contributed by atoms with Gasteiger partial charge in [-0.1, -0.05) is 11.6 Å². The number of halogens is 1. The molecular weight excluding hydrogens is 238 g/mol. The summed E-state index contributed by atoms with van der Waals surface area (Å²) in [7, 11) is 0. The first-order valence-corrected chi connectivity index (χ1v) is 5.76. The largest absolute Gasteiger partial charge is 0.366 e. The Morgan fingerprint density at radius 1 is 1.47 bits per heavy atom. The summed E-state index contributed by atoms with van der Waals surface area (Å²) in [5, 5.41) is 7.87. The lowest BCUT2D eigenvalue weighted by Crippen LogP contribution is -2.23. The van der Waals surface area contributed by atoms with E-state index in [1.54, 1.807) is 12.3 Å². The van der Waals surface area contributed by atoms with Crippen LogP contribution in [0.4, 0.5) is 5.82 Å².